The van der Waals surface area contributed by atoms with E-state index < -0.39 is 29.2 Å². The second-order valence-electron chi connectivity index (χ2n) is 6.53. The monoisotopic (exact) mass is 413 g/mol. The topological polar surface area (TPSA) is 48.9 Å². The predicted octanol–water partition coefficient (Wildman–Crippen LogP) is 4.89. The van der Waals surface area contributed by atoms with Crippen molar-refractivity contribution in [2.45, 2.75) is 6.18 Å². The number of hydrogen-bond acceptors (Lipinski definition) is 3. The molecule has 0 aliphatic rings. The van der Waals surface area contributed by atoms with Crippen molar-refractivity contribution < 1.29 is 26.3 Å². The molecule has 0 aliphatic carbocycles. The van der Waals surface area contributed by atoms with Gasteiger partial charge in [-0.15, -0.1) is 0 Å². The first-order valence-corrected chi connectivity index (χ1v) is 8.27. The number of nitrogens with one attached hydrogen (secondary N) is 2. The molecular formula is C18H13F6N5. The fourth-order valence-corrected chi connectivity index (χ4v) is 3.16. The third-order valence-electron chi connectivity index (χ3n) is 4.39. The van der Waals surface area contributed by atoms with Gasteiger partial charge in [-0.05, 0) is 24.3 Å². The smallest absolute Gasteiger partial charge is 0.359 e. The highest BCUT2D eigenvalue weighted by Gasteiger charge is 2.33. The highest BCUT2D eigenvalue weighted by atomic mass is 19.4. The van der Waals surface area contributed by atoms with Gasteiger partial charge >= 0.3 is 6.18 Å². The Morgan fingerprint density at radius 1 is 1.07 bits per heavy atom. The molecule has 0 saturated heterocycles. The first kappa shape index (κ1) is 19.0. The van der Waals surface area contributed by atoms with E-state index in [1.165, 1.54) is 36.0 Å². The van der Waals surface area contributed by atoms with Gasteiger partial charge in [0.25, 0.3) is 0 Å². The largest absolute Gasteiger partial charge is 0.416 e. The van der Waals surface area contributed by atoms with Crippen LogP contribution in [-0.4, -0.2) is 28.7 Å². The third kappa shape index (κ3) is 3.02. The SMILES string of the molecule is CN(C)n1c(Nc2c[nH]c3ccc(F)c(F)c23)nc2cc(C(F)(F)F)cc(F)c21. The van der Waals surface area contributed by atoms with Crippen molar-refractivity contribution in [3.63, 3.8) is 0 Å². The number of anilines is 2. The minimum Gasteiger partial charge on any atom is -0.359 e. The van der Waals surface area contributed by atoms with Crippen LogP contribution in [0, 0.1) is 17.5 Å². The summed E-state index contributed by atoms with van der Waals surface area (Å²) in [5, 5.41) is 4.03. The molecule has 0 amide bonds. The van der Waals surface area contributed by atoms with E-state index in [1.807, 2.05) is 0 Å². The molecule has 2 N–H and O–H groups in total. The second-order valence-corrected chi connectivity index (χ2v) is 6.53. The first-order chi connectivity index (χ1) is 13.6. The molecule has 2 heterocycles. The van der Waals surface area contributed by atoms with Crippen molar-refractivity contribution in [2.75, 3.05) is 24.4 Å². The molecule has 0 atom stereocenters. The van der Waals surface area contributed by atoms with Crippen LogP contribution in [0.4, 0.5) is 38.0 Å². The summed E-state index contributed by atoms with van der Waals surface area (Å²) in [6, 6.07) is 3.40. The maximum absolute atomic E-state index is 14.5. The summed E-state index contributed by atoms with van der Waals surface area (Å²) in [5.74, 6) is -3.38. The van der Waals surface area contributed by atoms with Gasteiger partial charge in [-0.25, -0.2) is 22.8 Å². The Morgan fingerprint density at radius 2 is 1.79 bits per heavy atom. The molecule has 5 nitrogen and oxygen atoms in total. The van der Waals surface area contributed by atoms with E-state index in [2.05, 4.69) is 15.3 Å². The molecule has 4 aromatic rings. The van der Waals surface area contributed by atoms with Crippen molar-refractivity contribution in [3.8, 4) is 0 Å². The number of imidazole rings is 1. The van der Waals surface area contributed by atoms with Crippen LogP contribution in [0.5, 0.6) is 0 Å². The predicted molar refractivity (Wildman–Crippen MR) is 96.3 cm³/mol. The maximum atomic E-state index is 14.5. The number of aromatic amines is 1. The molecule has 0 fully saturated rings. The lowest BCUT2D eigenvalue weighted by Gasteiger charge is -2.19. The lowest BCUT2D eigenvalue weighted by Crippen LogP contribution is -2.26. The normalized spacial score (nSPS) is 12.1. The highest BCUT2D eigenvalue weighted by Crippen LogP contribution is 2.35. The van der Waals surface area contributed by atoms with Gasteiger partial charge in [0.05, 0.1) is 27.7 Å². The van der Waals surface area contributed by atoms with Crippen molar-refractivity contribution in [3.05, 3.63) is 53.5 Å². The minimum atomic E-state index is -4.75. The van der Waals surface area contributed by atoms with Crippen LogP contribution in [0.2, 0.25) is 0 Å². The van der Waals surface area contributed by atoms with Gasteiger partial charge in [0.15, 0.2) is 17.5 Å². The standard InChI is InChI=1S/C18H13F6N5/c1-28(2)29-16-10(20)5-8(18(22,23)24)6-12(16)26-17(29)27-13-7-25-11-4-3-9(19)15(21)14(11)13/h3-7,25H,1-2H3,(H,26,27). The summed E-state index contributed by atoms with van der Waals surface area (Å²) < 4.78 is 82.6. The van der Waals surface area contributed by atoms with Gasteiger partial charge in [0, 0.05) is 20.3 Å². The van der Waals surface area contributed by atoms with Gasteiger partial charge in [0.1, 0.15) is 5.52 Å². The number of halogens is 6. The summed E-state index contributed by atoms with van der Waals surface area (Å²) in [6.45, 7) is 0. The number of H-pyrrole nitrogens is 1. The van der Waals surface area contributed by atoms with Crippen LogP contribution >= 0.6 is 0 Å². The highest BCUT2D eigenvalue weighted by molar-refractivity contribution is 5.95. The first-order valence-electron chi connectivity index (χ1n) is 8.27. The Labute approximate surface area is 159 Å². The molecule has 0 unspecified atom stereocenters. The molecule has 4 rings (SSSR count). The number of nitrogens with zero attached hydrogens (tertiary/aromatic N) is 3. The molecule has 0 bridgehead atoms. The quantitative estimate of drug-likeness (QED) is 0.470. The lowest BCUT2D eigenvalue weighted by atomic mass is 10.2. The number of aromatic nitrogens is 3. The van der Waals surface area contributed by atoms with Crippen molar-refractivity contribution >= 4 is 33.6 Å². The van der Waals surface area contributed by atoms with Crippen LogP contribution in [0.1, 0.15) is 5.56 Å². The van der Waals surface area contributed by atoms with E-state index >= 15 is 0 Å². The Kier molecular flexibility index (Phi) is 4.14. The van der Waals surface area contributed by atoms with Gasteiger partial charge in [0.2, 0.25) is 5.95 Å². The summed E-state index contributed by atoms with van der Waals surface area (Å²) >= 11 is 0. The van der Waals surface area contributed by atoms with Crippen LogP contribution in [0.3, 0.4) is 0 Å². The molecular weight excluding hydrogens is 400 g/mol. The lowest BCUT2D eigenvalue weighted by molar-refractivity contribution is -0.137. The number of fused-ring (bicyclic) bond motifs is 2. The summed E-state index contributed by atoms with van der Waals surface area (Å²) in [6.07, 6.45) is -3.40. The third-order valence-corrected chi connectivity index (χ3v) is 4.39. The summed E-state index contributed by atoms with van der Waals surface area (Å²) in [7, 11) is 3.05. The number of benzene rings is 2. The molecule has 152 valence electrons. The van der Waals surface area contributed by atoms with Crippen LogP contribution < -0.4 is 10.3 Å². The van der Waals surface area contributed by atoms with Crippen molar-refractivity contribution in [1.82, 2.24) is 14.6 Å². The Hall–Kier alpha value is -3.37. The zero-order chi connectivity index (χ0) is 21.1. The van der Waals surface area contributed by atoms with Gasteiger partial charge in [-0.2, -0.15) is 13.2 Å². The van der Waals surface area contributed by atoms with E-state index in [-0.39, 0.29) is 28.1 Å². The zero-order valence-electron chi connectivity index (χ0n) is 15.0. The average Bonchev–Trinajstić information content (AvgIpc) is 3.19. The van der Waals surface area contributed by atoms with Crippen LogP contribution in [-0.2, 0) is 6.18 Å². The molecule has 11 heteroatoms. The number of hydrogen-bond donors (Lipinski definition) is 2. The molecule has 2 aromatic carbocycles. The Bertz CT molecular complexity index is 1240. The van der Waals surface area contributed by atoms with E-state index in [9.17, 15) is 26.3 Å². The second kappa shape index (κ2) is 6.33. The fourth-order valence-electron chi connectivity index (χ4n) is 3.16. The number of alkyl halides is 3. The van der Waals surface area contributed by atoms with Crippen LogP contribution in [0.15, 0.2) is 30.5 Å². The van der Waals surface area contributed by atoms with E-state index in [0.29, 0.717) is 11.6 Å². The molecule has 0 saturated carbocycles. The van der Waals surface area contributed by atoms with Gasteiger partial charge in [-0.1, -0.05) is 0 Å². The zero-order valence-corrected chi connectivity index (χ0v) is 15.0. The van der Waals surface area contributed by atoms with Crippen molar-refractivity contribution in [1.29, 1.82) is 0 Å². The fraction of sp³-hybridized carbons (Fsp3) is 0.167. The summed E-state index contributed by atoms with van der Waals surface area (Å²) in [4.78, 5) is 6.80. The molecule has 0 aliphatic heterocycles. The molecule has 0 spiro atoms. The Balaban J connectivity index is 1.91. The molecule has 2 aromatic heterocycles. The maximum Gasteiger partial charge on any atom is 0.416 e. The van der Waals surface area contributed by atoms with Gasteiger partial charge < -0.3 is 15.3 Å². The van der Waals surface area contributed by atoms with Crippen LogP contribution in [0.25, 0.3) is 21.9 Å². The van der Waals surface area contributed by atoms with Crippen molar-refractivity contribution in [2.24, 2.45) is 0 Å². The number of rotatable bonds is 3. The average molecular weight is 413 g/mol. The molecule has 0 radical (unpaired) electrons. The molecule has 29 heavy (non-hydrogen) atoms. The van der Waals surface area contributed by atoms with Gasteiger partial charge in [-0.3, -0.25) is 0 Å². The summed E-state index contributed by atoms with van der Waals surface area (Å²) in [5.41, 5.74) is -1.24. The van der Waals surface area contributed by atoms with E-state index in [4.69, 9.17) is 0 Å². The van der Waals surface area contributed by atoms with E-state index in [0.717, 1.165) is 12.1 Å². The Morgan fingerprint density at radius 3 is 2.45 bits per heavy atom. The van der Waals surface area contributed by atoms with E-state index in [1.54, 1.807) is 0 Å². The minimum absolute atomic E-state index is 0.0761.